The Morgan fingerprint density at radius 2 is 1.42 bits per heavy atom. The SMILES string of the molecule is CCCC1C2C=CC=C2OC(CCC)(CCC)C1(CCC)CCC. The van der Waals surface area contributed by atoms with Gasteiger partial charge in [0, 0.05) is 11.3 Å². The molecule has 1 saturated heterocycles. The standard InChI is InChI=1S/C23H40O/c1-6-12-20-19-13-11-14-21(19)24-23(17-9-4,18-10-5)22(20,15-7-2)16-8-3/h11,13-14,19-20H,6-10,12,15-18H2,1-5H3. The van der Waals surface area contributed by atoms with Gasteiger partial charge >= 0.3 is 0 Å². The summed E-state index contributed by atoms with van der Waals surface area (Å²) in [5, 5.41) is 0. The largest absolute Gasteiger partial charge is 0.490 e. The van der Waals surface area contributed by atoms with Gasteiger partial charge in [-0.2, -0.15) is 0 Å². The summed E-state index contributed by atoms with van der Waals surface area (Å²) in [6, 6.07) is 0. The number of hydrogen-bond donors (Lipinski definition) is 0. The molecule has 0 saturated carbocycles. The molecule has 1 heteroatoms. The molecular weight excluding hydrogens is 292 g/mol. The molecule has 0 radical (unpaired) electrons. The average Bonchev–Trinajstić information content (AvgIpc) is 3.00. The van der Waals surface area contributed by atoms with Crippen LogP contribution in [0.15, 0.2) is 24.0 Å². The zero-order valence-electron chi connectivity index (χ0n) is 16.9. The molecule has 0 aromatic carbocycles. The summed E-state index contributed by atoms with van der Waals surface area (Å²) in [7, 11) is 0. The lowest BCUT2D eigenvalue weighted by Crippen LogP contribution is -2.59. The van der Waals surface area contributed by atoms with E-state index in [1.54, 1.807) is 0 Å². The van der Waals surface area contributed by atoms with E-state index >= 15 is 0 Å². The topological polar surface area (TPSA) is 9.23 Å². The monoisotopic (exact) mass is 332 g/mol. The zero-order valence-corrected chi connectivity index (χ0v) is 16.9. The lowest BCUT2D eigenvalue weighted by atomic mass is 9.51. The molecule has 0 aromatic heterocycles. The number of ether oxygens (including phenoxy) is 1. The highest BCUT2D eigenvalue weighted by molar-refractivity contribution is 5.30. The van der Waals surface area contributed by atoms with Crippen molar-refractivity contribution in [3.05, 3.63) is 24.0 Å². The smallest absolute Gasteiger partial charge is 0.114 e. The van der Waals surface area contributed by atoms with Crippen molar-refractivity contribution in [2.75, 3.05) is 0 Å². The molecule has 1 heterocycles. The van der Waals surface area contributed by atoms with E-state index in [-0.39, 0.29) is 5.60 Å². The van der Waals surface area contributed by atoms with Crippen molar-refractivity contribution in [2.24, 2.45) is 17.3 Å². The molecule has 0 spiro atoms. The van der Waals surface area contributed by atoms with Gasteiger partial charge in [0.25, 0.3) is 0 Å². The Bertz CT molecular complexity index is 433. The number of rotatable bonds is 10. The van der Waals surface area contributed by atoms with Gasteiger partial charge in [0.05, 0.1) is 0 Å². The molecule has 1 fully saturated rings. The third-order valence-electron chi connectivity index (χ3n) is 6.57. The summed E-state index contributed by atoms with van der Waals surface area (Å²) in [5.74, 6) is 2.56. The van der Waals surface area contributed by atoms with Crippen molar-refractivity contribution in [1.82, 2.24) is 0 Å². The van der Waals surface area contributed by atoms with Crippen molar-refractivity contribution < 1.29 is 4.74 Å². The van der Waals surface area contributed by atoms with Crippen LogP contribution >= 0.6 is 0 Å². The van der Waals surface area contributed by atoms with Crippen LogP contribution in [0.4, 0.5) is 0 Å². The Balaban J connectivity index is 2.58. The van der Waals surface area contributed by atoms with Crippen LogP contribution in [0.1, 0.15) is 98.8 Å². The number of fused-ring (bicyclic) bond motifs is 1. The lowest BCUT2D eigenvalue weighted by molar-refractivity contribution is -0.198. The predicted octanol–water partition coefficient (Wildman–Crippen LogP) is 7.43. The van der Waals surface area contributed by atoms with E-state index in [2.05, 4.69) is 52.8 Å². The summed E-state index contributed by atoms with van der Waals surface area (Å²) in [4.78, 5) is 0. The third kappa shape index (κ3) is 3.20. The fraction of sp³-hybridized carbons (Fsp3) is 0.826. The van der Waals surface area contributed by atoms with Gasteiger partial charge in [0.2, 0.25) is 0 Å². The minimum atomic E-state index is 0.0523. The van der Waals surface area contributed by atoms with Gasteiger partial charge < -0.3 is 4.74 Å². The van der Waals surface area contributed by atoms with Crippen molar-refractivity contribution >= 4 is 0 Å². The molecule has 1 nitrogen and oxygen atoms in total. The molecule has 0 aromatic rings. The highest BCUT2D eigenvalue weighted by Crippen LogP contribution is 2.62. The van der Waals surface area contributed by atoms with Gasteiger partial charge in [-0.1, -0.05) is 78.9 Å². The molecule has 0 bridgehead atoms. The first-order valence-electron chi connectivity index (χ1n) is 10.7. The van der Waals surface area contributed by atoms with Crippen LogP contribution in [-0.2, 0) is 4.74 Å². The van der Waals surface area contributed by atoms with Gasteiger partial charge in [0.15, 0.2) is 0 Å². The van der Waals surface area contributed by atoms with E-state index in [1.165, 1.54) is 70.0 Å². The predicted molar refractivity (Wildman–Crippen MR) is 105 cm³/mol. The van der Waals surface area contributed by atoms with E-state index in [1.807, 2.05) is 0 Å². The maximum absolute atomic E-state index is 6.98. The Morgan fingerprint density at radius 3 is 1.92 bits per heavy atom. The van der Waals surface area contributed by atoms with E-state index in [0.29, 0.717) is 11.3 Å². The van der Waals surface area contributed by atoms with Crippen LogP contribution in [0.3, 0.4) is 0 Å². The normalized spacial score (nSPS) is 26.8. The van der Waals surface area contributed by atoms with Gasteiger partial charge in [-0.25, -0.2) is 0 Å². The summed E-state index contributed by atoms with van der Waals surface area (Å²) in [6.45, 7) is 11.8. The van der Waals surface area contributed by atoms with Gasteiger partial charge in [-0.3, -0.25) is 0 Å². The lowest BCUT2D eigenvalue weighted by Gasteiger charge is -2.60. The minimum Gasteiger partial charge on any atom is -0.490 e. The zero-order chi connectivity index (χ0) is 17.6. The van der Waals surface area contributed by atoms with E-state index < -0.39 is 0 Å². The van der Waals surface area contributed by atoms with Crippen molar-refractivity contribution in [3.8, 4) is 0 Å². The van der Waals surface area contributed by atoms with Crippen LogP contribution < -0.4 is 0 Å². The van der Waals surface area contributed by atoms with Gasteiger partial charge in [-0.05, 0) is 44.1 Å². The maximum Gasteiger partial charge on any atom is 0.114 e. The Hall–Kier alpha value is -0.720. The molecule has 138 valence electrons. The number of allylic oxidation sites excluding steroid dienone is 3. The molecule has 2 unspecified atom stereocenters. The summed E-state index contributed by atoms with van der Waals surface area (Å²) in [5.41, 5.74) is 0.395. The third-order valence-corrected chi connectivity index (χ3v) is 6.57. The average molecular weight is 333 g/mol. The molecule has 0 amide bonds. The van der Waals surface area contributed by atoms with Crippen LogP contribution in [0.2, 0.25) is 0 Å². The molecule has 2 aliphatic rings. The Morgan fingerprint density at radius 1 is 0.833 bits per heavy atom. The first kappa shape index (κ1) is 19.6. The summed E-state index contributed by atoms with van der Waals surface area (Å²) in [6.07, 6.45) is 19.6. The van der Waals surface area contributed by atoms with E-state index in [9.17, 15) is 0 Å². The van der Waals surface area contributed by atoms with Crippen molar-refractivity contribution in [1.29, 1.82) is 0 Å². The highest BCUT2D eigenvalue weighted by atomic mass is 16.5. The second-order valence-electron chi connectivity index (χ2n) is 8.13. The van der Waals surface area contributed by atoms with Crippen LogP contribution in [-0.4, -0.2) is 5.60 Å². The first-order valence-corrected chi connectivity index (χ1v) is 10.7. The second kappa shape index (κ2) is 8.59. The number of hydrogen-bond acceptors (Lipinski definition) is 1. The molecule has 2 atom stereocenters. The van der Waals surface area contributed by atoms with Crippen molar-refractivity contribution in [2.45, 2.75) is 104 Å². The van der Waals surface area contributed by atoms with E-state index in [4.69, 9.17) is 4.74 Å². The second-order valence-corrected chi connectivity index (χ2v) is 8.13. The Kier molecular flexibility index (Phi) is 7.01. The van der Waals surface area contributed by atoms with Crippen LogP contribution in [0, 0.1) is 17.3 Å². The van der Waals surface area contributed by atoms with Gasteiger partial charge in [0.1, 0.15) is 11.4 Å². The van der Waals surface area contributed by atoms with Crippen molar-refractivity contribution in [3.63, 3.8) is 0 Å². The quantitative estimate of drug-likeness (QED) is 0.404. The minimum absolute atomic E-state index is 0.0523. The molecule has 1 aliphatic heterocycles. The van der Waals surface area contributed by atoms with Crippen LogP contribution in [0.5, 0.6) is 0 Å². The van der Waals surface area contributed by atoms with Crippen LogP contribution in [0.25, 0.3) is 0 Å². The fourth-order valence-corrected chi connectivity index (χ4v) is 6.06. The maximum atomic E-state index is 6.98. The molecular formula is C23H40O. The molecule has 2 rings (SSSR count). The highest BCUT2D eigenvalue weighted by Gasteiger charge is 2.60. The molecule has 0 N–H and O–H groups in total. The fourth-order valence-electron chi connectivity index (χ4n) is 6.06. The first-order chi connectivity index (χ1) is 11.6. The summed E-state index contributed by atoms with van der Waals surface area (Å²) >= 11 is 0. The van der Waals surface area contributed by atoms with Gasteiger partial charge in [-0.15, -0.1) is 0 Å². The van der Waals surface area contributed by atoms with E-state index in [0.717, 1.165) is 5.92 Å². The molecule has 24 heavy (non-hydrogen) atoms. The Labute approximate surface area is 150 Å². The summed E-state index contributed by atoms with van der Waals surface area (Å²) < 4.78 is 6.98. The molecule has 1 aliphatic carbocycles.